The zero-order valence-corrected chi connectivity index (χ0v) is 19.0. The van der Waals surface area contributed by atoms with Gasteiger partial charge in [0.15, 0.2) is 0 Å². The quantitative estimate of drug-likeness (QED) is 0.246. The molecule has 4 rings (SSSR count). The largest absolute Gasteiger partial charge is 0.462 e. The van der Waals surface area contributed by atoms with E-state index in [1.54, 1.807) is 6.92 Å². The number of carbonyl (C=O) groups is 1. The molecule has 1 unspecified atom stereocenters. The third-order valence-electron chi connectivity index (χ3n) is 5.47. The fourth-order valence-electron chi connectivity index (χ4n) is 3.80. The predicted octanol–water partition coefficient (Wildman–Crippen LogP) is 6.18. The molecule has 3 aromatic carbocycles. The number of ether oxygens (including phenoxy) is 1. The van der Waals surface area contributed by atoms with Crippen LogP contribution < -0.4 is 5.01 Å². The van der Waals surface area contributed by atoms with Gasteiger partial charge in [-0.3, -0.25) is 5.01 Å². The van der Waals surface area contributed by atoms with Crippen molar-refractivity contribution >= 4 is 29.5 Å². The predicted molar refractivity (Wildman–Crippen MR) is 136 cm³/mol. The standard InChI is InChI=1S/C29H25N3O2/c1-2-34-29(33)25(21-30)19-23-14-17-27(18-15-23)32-28(24-11-7-4-8-12-24)20-26(31-32)16-13-22-9-5-3-6-10-22/h3-19,28H,2,20H2,1H3/b16-13+,25-19+. The Kier molecular flexibility index (Phi) is 7.32. The summed E-state index contributed by atoms with van der Waals surface area (Å²) in [5, 5.41) is 16.2. The molecule has 0 N–H and O–H groups in total. The Hall–Kier alpha value is -4.43. The highest BCUT2D eigenvalue weighted by Crippen LogP contribution is 2.35. The van der Waals surface area contributed by atoms with E-state index in [-0.39, 0.29) is 18.2 Å². The molecule has 0 saturated heterocycles. The van der Waals surface area contributed by atoms with E-state index in [4.69, 9.17) is 9.84 Å². The van der Waals surface area contributed by atoms with Gasteiger partial charge < -0.3 is 4.74 Å². The highest BCUT2D eigenvalue weighted by molar-refractivity contribution is 6.01. The highest BCUT2D eigenvalue weighted by atomic mass is 16.5. The van der Waals surface area contributed by atoms with Crippen molar-refractivity contribution in [3.05, 3.63) is 113 Å². The Balaban J connectivity index is 1.61. The number of benzene rings is 3. The molecule has 1 heterocycles. The van der Waals surface area contributed by atoms with E-state index in [1.165, 1.54) is 11.6 Å². The maximum atomic E-state index is 11.9. The fourth-order valence-corrected chi connectivity index (χ4v) is 3.80. The van der Waals surface area contributed by atoms with Crippen molar-refractivity contribution in [1.29, 1.82) is 5.26 Å². The SMILES string of the molecule is CCOC(=O)/C(C#N)=C/c1ccc(N2N=C(/C=C/c3ccccc3)CC2c2ccccc2)cc1. The third kappa shape index (κ3) is 5.48. The highest BCUT2D eigenvalue weighted by Gasteiger charge is 2.28. The van der Waals surface area contributed by atoms with E-state index in [9.17, 15) is 10.1 Å². The Labute approximate surface area is 199 Å². The van der Waals surface area contributed by atoms with E-state index >= 15 is 0 Å². The second-order valence-corrected chi connectivity index (χ2v) is 7.79. The number of hydrogen-bond donors (Lipinski definition) is 0. The molecule has 0 spiro atoms. The number of nitriles is 1. The Morgan fingerprint density at radius 1 is 1.00 bits per heavy atom. The van der Waals surface area contributed by atoms with Gasteiger partial charge in [0.2, 0.25) is 0 Å². The number of allylic oxidation sites excluding steroid dienone is 1. The monoisotopic (exact) mass is 447 g/mol. The number of esters is 1. The molecule has 1 atom stereocenters. The lowest BCUT2D eigenvalue weighted by Gasteiger charge is -2.24. The van der Waals surface area contributed by atoms with E-state index in [0.29, 0.717) is 0 Å². The lowest BCUT2D eigenvalue weighted by atomic mass is 10.0. The molecule has 5 heteroatoms. The fraction of sp³-hybridized carbons (Fsp3) is 0.138. The maximum Gasteiger partial charge on any atom is 0.348 e. The molecule has 34 heavy (non-hydrogen) atoms. The van der Waals surface area contributed by atoms with Crippen molar-refractivity contribution in [2.24, 2.45) is 5.10 Å². The van der Waals surface area contributed by atoms with Crippen LogP contribution in [0.4, 0.5) is 5.69 Å². The number of carbonyl (C=O) groups excluding carboxylic acids is 1. The van der Waals surface area contributed by atoms with Crippen LogP contribution in [0, 0.1) is 11.3 Å². The normalized spacial score (nSPS) is 15.8. The summed E-state index contributed by atoms with van der Waals surface area (Å²) in [4.78, 5) is 11.9. The van der Waals surface area contributed by atoms with Gasteiger partial charge in [-0.25, -0.2) is 4.79 Å². The van der Waals surface area contributed by atoms with Gasteiger partial charge in [0.1, 0.15) is 11.6 Å². The molecule has 0 bridgehead atoms. The molecule has 0 aliphatic carbocycles. The summed E-state index contributed by atoms with van der Waals surface area (Å²) in [6.45, 7) is 1.94. The number of hydrazone groups is 1. The van der Waals surface area contributed by atoms with Crippen LogP contribution in [-0.4, -0.2) is 18.3 Å². The lowest BCUT2D eigenvalue weighted by molar-refractivity contribution is -0.137. The summed E-state index contributed by atoms with van der Waals surface area (Å²) in [7, 11) is 0. The van der Waals surface area contributed by atoms with Crippen molar-refractivity contribution in [2.45, 2.75) is 19.4 Å². The Morgan fingerprint density at radius 2 is 1.68 bits per heavy atom. The maximum absolute atomic E-state index is 11.9. The molecule has 0 aromatic heterocycles. The lowest BCUT2D eigenvalue weighted by Crippen LogP contribution is -2.18. The number of rotatable bonds is 7. The molecule has 3 aromatic rings. The molecule has 5 nitrogen and oxygen atoms in total. The first-order chi connectivity index (χ1) is 16.7. The molecule has 1 aliphatic heterocycles. The summed E-state index contributed by atoms with van der Waals surface area (Å²) < 4.78 is 4.94. The second-order valence-electron chi connectivity index (χ2n) is 7.79. The van der Waals surface area contributed by atoms with Crippen molar-refractivity contribution in [3.8, 4) is 6.07 Å². The Morgan fingerprint density at radius 3 is 2.32 bits per heavy atom. The molecule has 0 fully saturated rings. The van der Waals surface area contributed by atoms with Crippen molar-refractivity contribution in [3.63, 3.8) is 0 Å². The minimum absolute atomic E-state index is 0.0238. The number of anilines is 1. The van der Waals surface area contributed by atoms with E-state index in [0.717, 1.165) is 28.9 Å². The van der Waals surface area contributed by atoms with Crippen LogP contribution in [0.1, 0.15) is 36.1 Å². The topological polar surface area (TPSA) is 65.7 Å². The van der Waals surface area contributed by atoms with Crippen molar-refractivity contribution < 1.29 is 9.53 Å². The van der Waals surface area contributed by atoms with E-state index in [1.807, 2.05) is 71.7 Å². The van der Waals surface area contributed by atoms with Crippen LogP contribution in [0.25, 0.3) is 12.2 Å². The minimum Gasteiger partial charge on any atom is -0.462 e. The van der Waals surface area contributed by atoms with Crippen LogP contribution in [0.2, 0.25) is 0 Å². The van der Waals surface area contributed by atoms with Gasteiger partial charge in [0.05, 0.1) is 24.0 Å². The number of nitrogens with zero attached hydrogens (tertiary/aromatic N) is 3. The van der Waals surface area contributed by atoms with Gasteiger partial charge >= 0.3 is 5.97 Å². The van der Waals surface area contributed by atoms with Gasteiger partial charge in [-0.05, 0) is 47.9 Å². The van der Waals surface area contributed by atoms with Gasteiger partial charge in [0.25, 0.3) is 0 Å². The summed E-state index contributed by atoms with van der Waals surface area (Å²) in [5.74, 6) is -0.614. The number of hydrogen-bond acceptors (Lipinski definition) is 5. The zero-order valence-electron chi connectivity index (χ0n) is 19.0. The molecular weight excluding hydrogens is 422 g/mol. The van der Waals surface area contributed by atoms with Crippen LogP contribution in [0.15, 0.2) is 102 Å². The van der Waals surface area contributed by atoms with E-state index in [2.05, 4.69) is 36.4 Å². The molecule has 1 aliphatic rings. The molecule has 0 saturated carbocycles. The summed E-state index contributed by atoms with van der Waals surface area (Å²) in [6, 6.07) is 30.1. The smallest absolute Gasteiger partial charge is 0.348 e. The summed E-state index contributed by atoms with van der Waals surface area (Å²) in [6.07, 6.45) is 6.48. The summed E-state index contributed by atoms with van der Waals surface area (Å²) >= 11 is 0. The third-order valence-corrected chi connectivity index (χ3v) is 5.47. The summed E-state index contributed by atoms with van der Waals surface area (Å²) in [5.41, 5.74) is 4.97. The first-order valence-corrected chi connectivity index (χ1v) is 11.2. The zero-order chi connectivity index (χ0) is 23.8. The molecule has 168 valence electrons. The average Bonchev–Trinajstić information content (AvgIpc) is 3.32. The van der Waals surface area contributed by atoms with Crippen LogP contribution in [-0.2, 0) is 9.53 Å². The van der Waals surface area contributed by atoms with Crippen LogP contribution in [0.3, 0.4) is 0 Å². The average molecular weight is 448 g/mol. The van der Waals surface area contributed by atoms with Crippen molar-refractivity contribution in [1.82, 2.24) is 0 Å². The Bertz CT molecular complexity index is 1250. The first-order valence-electron chi connectivity index (χ1n) is 11.2. The second kappa shape index (κ2) is 10.9. The van der Waals surface area contributed by atoms with Gasteiger partial charge in [0, 0.05) is 6.42 Å². The van der Waals surface area contributed by atoms with Gasteiger partial charge in [-0.1, -0.05) is 78.9 Å². The first kappa shape index (κ1) is 22.8. The molecule has 0 amide bonds. The van der Waals surface area contributed by atoms with E-state index < -0.39 is 5.97 Å². The van der Waals surface area contributed by atoms with Crippen LogP contribution >= 0.6 is 0 Å². The van der Waals surface area contributed by atoms with Gasteiger partial charge in [-0.2, -0.15) is 10.4 Å². The molecular formula is C29H25N3O2. The van der Waals surface area contributed by atoms with Crippen LogP contribution in [0.5, 0.6) is 0 Å². The molecule has 0 radical (unpaired) electrons. The minimum atomic E-state index is -0.614. The van der Waals surface area contributed by atoms with Crippen molar-refractivity contribution in [2.75, 3.05) is 11.6 Å². The van der Waals surface area contributed by atoms with Gasteiger partial charge in [-0.15, -0.1) is 0 Å².